The summed E-state index contributed by atoms with van der Waals surface area (Å²) in [4.78, 5) is 28.0. The molecule has 4 rings (SSSR count). The third-order valence-electron chi connectivity index (χ3n) is 6.81. The lowest BCUT2D eigenvalue weighted by atomic mass is 9.82. The second-order valence-electron chi connectivity index (χ2n) is 10.6. The van der Waals surface area contributed by atoms with Gasteiger partial charge in [0.15, 0.2) is 0 Å². The highest BCUT2D eigenvalue weighted by Crippen LogP contribution is 2.31. The lowest BCUT2D eigenvalue weighted by Crippen LogP contribution is -2.48. The molecule has 1 aliphatic rings. The van der Waals surface area contributed by atoms with Crippen LogP contribution in [-0.2, 0) is 0 Å². The van der Waals surface area contributed by atoms with E-state index in [4.69, 9.17) is 4.42 Å². The number of amides is 2. The first-order chi connectivity index (χ1) is 18.1. The number of carbonyl (C=O) groups excluding carboxylic acids is 1. The fourth-order valence-corrected chi connectivity index (χ4v) is 4.89. The van der Waals surface area contributed by atoms with Gasteiger partial charge in [-0.3, -0.25) is 9.69 Å². The molecule has 1 fully saturated rings. The van der Waals surface area contributed by atoms with Crippen molar-refractivity contribution in [2.75, 3.05) is 29.9 Å². The smallest absolute Gasteiger partial charge is 0.415 e. The number of nitrogens with zero attached hydrogens (tertiary/aromatic N) is 4. The van der Waals surface area contributed by atoms with Crippen LogP contribution in [0.4, 0.5) is 20.9 Å². The van der Waals surface area contributed by atoms with Gasteiger partial charge in [0.1, 0.15) is 5.82 Å². The van der Waals surface area contributed by atoms with Crippen LogP contribution in [0.25, 0.3) is 11.5 Å². The fourth-order valence-electron chi connectivity index (χ4n) is 4.89. The maximum atomic E-state index is 13.4. The molecule has 38 heavy (non-hydrogen) atoms. The molecule has 202 valence electrons. The van der Waals surface area contributed by atoms with Gasteiger partial charge in [-0.1, -0.05) is 38.4 Å². The molecule has 2 N–H and O–H groups in total. The van der Waals surface area contributed by atoms with Crippen LogP contribution in [0.15, 0.2) is 52.9 Å². The first-order valence-electron chi connectivity index (χ1n) is 12.9. The normalized spacial score (nSPS) is 15.2. The average molecular weight is 524 g/mol. The van der Waals surface area contributed by atoms with Gasteiger partial charge >= 0.3 is 12.1 Å². The Bertz CT molecular complexity index is 1250. The van der Waals surface area contributed by atoms with Gasteiger partial charge < -0.3 is 14.8 Å². The second kappa shape index (κ2) is 11.7. The van der Waals surface area contributed by atoms with Crippen LogP contribution in [0.2, 0.25) is 0 Å². The van der Waals surface area contributed by atoms with E-state index in [9.17, 15) is 19.1 Å². The predicted octanol–water partition coefficient (Wildman–Crippen LogP) is 5.90. The molecule has 1 aromatic heterocycles. The van der Waals surface area contributed by atoms with Crippen molar-refractivity contribution in [3.63, 3.8) is 0 Å². The third kappa shape index (κ3) is 6.74. The average Bonchev–Trinajstić information content (AvgIpc) is 3.36. The van der Waals surface area contributed by atoms with Crippen LogP contribution in [0.3, 0.4) is 0 Å². The Balaban J connectivity index is 1.43. The van der Waals surface area contributed by atoms with Crippen molar-refractivity contribution in [1.82, 2.24) is 15.1 Å². The van der Waals surface area contributed by atoms with Crippen molar-refractivity contribution < 1.29 is 23.5 Å². The number of hydrogen-bond donors (Lipinski definition) is 2. The first kappa shape index (κ1) is 27.3. The van der Waals surface area contributed by atoms with Gasteiger partial charge in [0.2, 0.25) is 5.89 Å². The number of hydrogen-bond acceptors (Lipinski definition) is 6. The van der Waals surface area contributed by atoms with E-state index in [1.165, 1.54) is 24.6 Å². The highest BCUT2D eigenvalue weighted by Gasteiger charge is 2.33. The molecule has 2 heterocycles. The summed E-state index contributed by atoms with van der Waals surface area (Å²) >= 11 is 0. The minimum Gasteiger partial charge on any atom is -0.465 e. The van der Waals surface area contributed by atoms with Gasteiger partial charge in [0.05, 0.1) is 0 Å². The number of rotatable bonds is 8. The van der Waals surface area contributed by atoms with Gasteiger partial charge in [0.25, 0.3) is 5.91 Å². The van der Waals surface area contributed by atoms with E-state index in [2.05, 4.69) is 41.2 Å². The molecule has 2 amide bonds. The van der Waals surface area contributed by atoms with Crippen LogP contribution in [0.1, 0.15) is 56.8 Å². The number of piperidine rings is 1. The molecule has 1 atom stereocenters. The molecule has 0 spiro atoms. The number of carbonyl (C=O) groups is 2. The Kier molecular flexibility index (Phi) is 8.41. The lowest BCUT2D eigenvalue weighted by molar-refractivity contribution is 0.0746. The third-order valence-corrected chi connectivity index (χ3v) is 6.81. The highest BCUT2D eigenvalue weighted by atomic mass is 19.1. The largest absolute Gasteiger partial charge is 0.465 e. The Morgan fingerprint density at radius 1 is 1.11 bits per heavy atom. The van der Waals surface area contributed by atoms with E-state index in [0.717, 1.165) is 36.9 Å². The van der Waals surface area contributed by atoms with Gasteiger partial charge in [-0.05, 0) is 80.2 Å². The van der Waals surface area contributed by atoms with Crippen LogP contribution in [-0.4, -0.2) is 57.9 Å². The summed E-state index contributed by atoms with van der Waals surface area (Å²) < 4.78 is 19.1. The minimum atomic E-state index is -1.15. The second-order valence-corrected chi connectivity index (χ2v) is 10.6. The number of carboxylic acid groups (broad SMARTS) is 1. The lowest BCUT2D eigenvalue weighted by Gasteiger charge is -2.42. The zero-order valence-corrected chi connectivity index (χ0v) is 22.0. The summed E-state index contributed by atoms with van der Waals surface area (Å²) in [6.07, 6.45) is 3.06. The predicted molar refractivity (Wildman–Crippen MR) is 143 cm³/mol. The van der Waals surface area contributed by atoms with E-state index in [1.807, 2.05) is 0 Å². The molecule has 3 aromatic rings. The number of aromatic nitrogens is 2. The van der Waals surface area contributed by atoms with E-state index in [1.54, 1.807) is 24.3 Å². The molecule has 0 bridgehead atoms. The van der Waals surface area contributed by atoms with Crippen LogP contribution in [0, 0.1) is 11.2 Å². The quantitative estimate of drug-likeness (QED) is 0.378. The van der Waals surface area contributed by atoms with Gasteiger partial charge in [-0.15, -0.1) is 5.10 Å². The molecule has 2 aromatic carbocycles. The van der Waals surface area contributed by atoms with Crippen LogP contribution >= 0.6 is 0 Å². The molecule has 0 saturated carbocycles. The molecule has 10 heteroatoms. The van der Waals surface area contributed by atoms with E-state index >= 15 is 0 Å². The highest BCUT2D eigenvalue weighted by molar-refractivity contribution is 6.04. The number of benzene rings is 2. The van der Waals surface area contributed by atoms with Crippen molar-refractivity contribution in [3.8, 4) is 11.5 Å². The Hall–Kier alpha value is -3.79. The van der Waals surface area contributed by atoms with E-state index < -0.39 is 17.8 Å². The summed E-state index contributed by atoms with van der Waals surface area (Å²) in [6, 6.07) is 12.2. The molecule has 1 saturated heterocycles. The number of likely N-dealkylation sites (tertiary alicyclic amines) is 1. The van der Waals surface area contributed by atoms with Crippen molar-refractivity contribution in [2.45, 2.75) is 52.5 Å². The van der Waals surface area contributed by atoms with Crippen molar-refractivity contribution >= 4 is 23.7 Å². The number of halogens is 1. The Labute approximate surface area is 221 Å². The van der Waals surface area contributed by atoms with Crippen molar-refractivity contribution in [3.05, 3.63) is 59.9 Å². The molecule has 1 unspecified atom stereocenters. The Morgan fingerprint density at radius 3 is 2.45 bits per heavy atom. The molecule has 0 radical (unpaired) electrons. The number of anilines is 2. The Morgan fingerprint density at radius 2 is 1.82 bits per heavy atom. The monoisotopic (exact) mass is 523 g/mol. The minimum absolute atomic E-state index is 0.00659. The molecule has 1 aliphatic heterocycles. The molecule has 0 aliphatic carbocycles. The zero-order chi connectivity index (χ0) is 27.3. The fraction of sp³-hybridized carbons (Fsp3) is 0.429. The van der Waals surface area contributed by atoms with E-state index in [-0.39, 0.29) is 35.5 Å². The summed E-state index contributed by atoms with van der Waals surface area (Å²) in [5, 5.41) is 20.6. The van der Waals surface area contributed by atoms with Crippen molar-refractivity contribution in [1.29, 1.82) is 0 Å². The molecule has 9 nitrogen and oxygen atoms in total. The molecular formula is C28H34FN5O4. The summed E-state index contributed by atoms with van der Waals surface area (Å²) in [5.74, 6) is -0.763. The summed E-state index contributed by atoms with van der Waals surface area (Å²) in [7, 11) is 0. The van der Waals surface area contributed by atoms with Crippen molar-refractivity contribution in [2.24, 2.45) is 5.41 Å². The van der Waals surface area contributed by atoms with E-state index in [0.29, 0.717) is 17.7 Å². The van der Waals surface area contributed by atoms with Crippen LogP contribution in [0.5, 0.6) is 0 Å². The SMILES string of the molecule is CC(C)(C)C(CCN(C(=O)O)c1nnc(-c2ccc(NC(=O)c3cccc(F)c3)cc2)o1)N1CCCCC1. The summed E-state index contributed by atoms with van der Waals surface area (Å²) in [5.41, 5.74) is 1.27. The summed E-state index contributed by atoms with van der Waals surface area (Å²) in [6.45, 7) is 8.85. The first-order valence-corrected chi connectivity index (χ1v) is 12.9. The number of nitrogens with one attached hydrogen (secondary N) is 1. The van der Waals surface area contributed by atoms with Crippen LogP contribution < -0.4 is 10.2 Å². The standard InChI is InChI=1S/C28H34FN5O4/c1-28(2,3)23(33-15-5-4-6-16-33)14-17-34(27(36)37)26-32-31-25(38-26)19-10-12-22(13-11-19)30-24(35)20-8-7-9-21(29)18-20/h7-13,18,23H,4-6,14-17H2,1-3H3,(H,30,35)(H,36,37). The van der Waals surface area contributed by atoms with Gasteiger partial charge in [-0.2, -0.15) is 0 Å². The maximum absolute atomic E-state index is 13.4. The maximum Gasteiger partial charge on any atom is 0.415 e. The zero-order valence-electron chi connectivity index (χ0n) is 22.0. The molecular weight excluding hydrogens is 489 g/mol. The van der Waals surface area contributed by atoms with Gasteiger partial charge in [-0.25, -0.2) is 14.1 Å². The topological polar surface area (TPSA) is 112 Å². The van der Waals surface area contributed by atoms with Gasteiger partial charge in [0, 0.05) is 29.4 Å².